The van der Waals surface area contributed by atoms with Crippen molar-refractivity contribution in [2.75, 3.05) is 18.5 Å². The van der Waals surface area contributed by atoms with Gasteiger partial charge < -0.3 is 10.6 Å². The van der Waals surface area contributed by atoms with E-state index in [1.165, 1.54) is 5.56 Å². The summed E-state index contributed by atoms with van der Waals surface area (Å²) < 4.78 is 0. The van der Waals surface area contributed by atoms with Crippen LogP contribution in [-0.2, 0) is 4.79 Å². The highest BCUT2D eigenvalue weighted by Gasteiger charge is 2.15. The molecule has 3 heteroatoms. The second-order valence-corrected chi connectivity index (χ2v) is 6.01. The number of carbonyl (C=O) groups is 1. The summed E-state index contributed by atoms with van der Waals surface area (Å²) in [7, 11) is 1.87. The Morgan fingerprint density at radius 1 is 1.24 bits per heavy atom. The summed E-state index contributed by atoms with van der Waals surface area (Å²) in [5, 5.41) is 0. The minimum absolute atomic E-state index is 0.195. The third-order valence-electron chi connectivity index (χ3n) is 4.13. The zero-order valence-electron chi connectivity index (χ0n) is 14.0. The van der Waals surface area contributed by atoms with Crippen LogP contribution in [-0.4, -0.2) is 19.5 Å². The Balaban J connectivity index is 2.61. The van der Waals surface area contributed by atoms with Crippen LogP contribution in [0.25, 0.3) is 0 Å². The molecule has 0 heterocycles. The Kier molecular flexibility index (Phi) is 7.44. The Morgan fingerprint density at radius 2 is 1.95 bits per heavy atom. The number of benzene rings is 1. The average Bonchev–Trinajstić information content (AvgIpc) is 2.44. The molecule has 0 spiro atoms. The lowest BCUT2D eigenvalue weighted by Crippen LogP contribution is -2.27. The maximum Gasteiger partial charge on any atom is 0.226 e. The fourth-order valence-corrected chi connectivity index (χ4v) is 2.89. The highest BCUT2D eigenvalue weighted by atomic mass is 16.2. The lowest BCUT2D eigenvalue weighted by molar-refractivity contribution is -0.118. The predicted octanol–water partition coefficient (Wildman–Crippen LogP) is 3.81. The molecule has 1 unspecified atom stereocenters. The van der Waals surface area contributed by atoms with Crippen molar-refractivity contribution in [1.82, 2.24) is 0 Å². The van der Waals surface area contributed by atoms with Crippen molar-refractivity contribution in [2.45, 2.75) is 52.9 Å². The van der Waals surface area contributed by atoms with Gasteiger partial charge in [-0.2, -0.15) is 0 Å². The van der Waals surface area contributed by atoms with Gasteiger partial charge in [0.25, 0.3) is 0 Å². The van der Waals surface area contributed by atoms with Crippen molar-refractivity contribution < 1.29 is 4.79 Å². The minimum atomic E-state index is 0.195. The summed E-state index contributed by atoms with van der Waals surface area (Å²) >= 11 is 0. The summed E-state index contributed by atoms with van der Waals surface area (Å²) in [5.41, 5.74) is 9.04. The van der Waals surface area contributed by atoms with Crippen LogP contribution in [0, 0.1) is 19.8 Å². The van der Waals surface area contributed by atoms with Gasteiger partial charge in [0.1, 0.15) is 0 Å². The van der Waals surface area contributed by atoms with Gasteiger partial charge in [-0.3, -0.25) is 4.79 Å². The standard InChI is InChI=1S/C18H30N2O/c1-5-6-16(11-12-19)8-10-18(21)20(4)17-9-7-14(2)13-15(17)3/h7,9,13,16H,5-6,8,10-12,19H2,1-4H3. The van der Waals surface area contributed by atoms with Gasteiger partial charge in [0.2, 0.25) is 5.91 Å². The van der Waals surface area contributed by atoms with Crippen LogP contribution in [0.15, 0.2) is 18.2 Å². The first-order chi connectivity index (χ1) is 9.99. The summed E-state index contributed by atoms with van der Waals surface area (Å²) in [5.74, 6) is 0.775. The largest absolute Gasteiger partial charge is 0.330 e. The van der Waals surface area contributed by atoms with E-state index >= 15 is 0 Å². The molecule has 118 valence electrons. The first-order valence-corrected chi connectivity index (χ1v) is 8.03. The molecule has 0 aliphatic heterocycles. The number of rotatable bonds is 8. The van der Waals surface area contributed by atoms with Crippen LogP contribution < -0.4 is 10.6 Å². The molecule has 0 saturated heterocycles. The number of nitrogens with zero attached hydrogens (tertiary/aromatic N) is 1. The maximum atomic E-state index is 12.4. The van der Waals surface area contributed by atoms with Gasteiger partial charge in [0.05, 0.1) is 0 Å². The third kappa shape index (κ3) is 5.50. The monoisotopic (exact) mass is 290 g/mol. The van der Waals surface area contributed by atoms with Gasteiger partial charge in [-0.05, 0) is 50.8 Å². The quantitative estimate of drug-likeness (QED) is 0.791. The van der Waals surface area contributed by atoms with Gasteiger partial charge in [-0.15, -0.1) is 0 Å². The lowest BCUT2D eigenvalue weighted by atomic mass is 9.94. The fraction of sp³-hybridized carbons (Fsp3) is 0.611. The SMILES string of the molecule is CCCC(CCN)CCC(=O)N(C)c1ccc(C)cc1C. The van der Waals surface area contributed by atoms with Crippen LogP contribution in [0.3, 0.4) is 0 Å². The van der Waals surface area contributed by atoms with Crippen LogP contribution >= 0.6 is 0 Å². The molecule has 1 amide bonds. The highest BCUT2D eigenvalue weighted by Crippen LogP contribution is 2.22. The molecular weight excluding hydrogens is 260 g/mol. The van der Waals surface area contributed by atoms with E-state index in [9.17, 15) is 4.79 Å². The van der Waals surface area contributed by atoms with Crippen molar-refractivity contribution in [2.24, 2.45) is 11.7 Å². The fourth-order valence-electron chi connectivity index (χ4n) is 2.89. The first kappa shape index (κ1) is 17.7. The van der Waals surface area contributed by atoms with Crippen molar-refractivity contribution in [3.05, 3.63) is 29.3 Å². The van der Waals surface area contributed by atoms with Gasteiger partial charge in [0, 0.05) is 19.2 Å². The Morgan fingerprint density at radius 3 is 2.52 bits per heavy atom. The third-order valence-corrected chi connectivity index (χ3v) is 4.13. The average molecular weight is 290 g/mol. The van der Waals surface area contributed by atoms with Gasteiger partial charge >= 0.3 is 0 Å². The van der Waals surface area contributed by atoms with E-state index in [0.717, 1.165) is 36.9 Å². The summed E-state index contributed by atoms with van der Waals surface area (Å²) in [4.78, 5) is 14.2. The normalized spacial score (nSPS) is 12.2. The van der Waals surface area contributed by atoms with Crippen LogP contribution in [0.1, 0.15) is 50.2 Å². The maximum absolute atomic E-state index is 12.4. The molecule has 0 aliphatic carbocycles. The molecule has 2 N–H and O–H groups in total. The van der Waals surface area contributed by atoms with E-state index in [1.807, 2.05) is 13.1 Å². The Bertz CT molecular complexity index is 451. The Labute approximate surface area is 129 Å². The van der Waals surface area contributed by atoms with Crippen molar-refractivity contribution in [3.63, 3.8) is 0 Å². The van der Waals surface area contributed by atoms with E-state index in [0.29, 0.717) is 18.9 Å². The lowest BCUT2D eigenvalue weighted by Gasteiger charge is -2.21. The molecule has 0 radical (unpaired) electrons. The minimum Gasteiger partial charge on any atom is -0.330 e. The summed E-state index contributed by atoms with van der Waals surface area (Å²) in [6.45, 7) is 7.03. The van der Waals surface area contributed by atoms with Gasteiger partial charge in [-0.1, -0.05) is 37.5 Å². The van der Waals surface area contributed by atoms with Crippen molar-refractivity contribution in [1.29, 1.82) is 0 Å². The van der Waals surface area contributed by atoms with E-state index in [-0.39, 0.29) is 5.91 Å². The van der Waals surface area contributed by atoms with Crippen LogP contribution in [0.4, 0.5) is 5.69 Å². The van der Waals surface area contributed by atoms with Crippen molar-refractivity contribution in [3.8, 4) is 0 Å². The van der Waals surface area contributed by atoms with Gasteiger partial charge in [-0.25, -0.2) is 0 Å². The molecule has 0 aliphatic rings. The van der Waals surface area contributed by atoms with Gasteiger partial charge in [0.15, 0.2) is 0 Å². The summed E-state index contributed by atoms with van der Waals surface area (Å²) in [6, 6.07) is 6.21. The molecule has 0 fully saturated rings. The first-order valence-electron chi connectivity index (χ1n) is 8.03. The molecule has 21 heavy (non-hydrogen) atoms. The molecule has 1 rings (SSSR count). The van der Waals surface area contributed by atoms with E-state index in [1.54, 1.807) is 4.90 Å². The number of anilines is 1. The predicted molar refractivity (Wildman–Crippen MR) is 90.6 cm³/mol. The molecule has 0 bridgehead atoms. The summed E-state index contributed by atoms with van der Waals surface area (Å²) in [6.07, 6.45) is 4.89. The van der Waals surface area contributed by atoms with E-state index in [4.69, 9.17) is 5.73 Å². The number of amides is 1. The van der Waals surface area contributed by atoms with Crippen LogP contribution in [0.2, 0.25) is 0 Å². The second-order valence-electron chi connectivity index (χ2n) is 6.01. The smallest absolute Gasteiger partial charge is 0.226 e. The topological polar surface area (TPSA) is 46.3 Å². The number of hydrogen-bond donors (Lipinski definition) is 1. The molecule has 1 atom stereocenters. The Hall–Kier alpha value is -1.35. The number of carbonyl (C=O) groups excluding carboxylic acids is 1. The zero-order valence-corrected chi connectivity index (χ0v) is 14.0. The zero-order chi connectivity index (χ0) is 15.8. The highest BCUT2D eigenvalue weighted by molar-refractivity contribution is 5.93. The molecule has 1 aromatic rings. The number of nitrogens with two attached hydrogens (primary N) is 1. The van der Waals surface area contributed by atoms with Crippen LogP contribution in [0.5, 0.6) is 0 Å². The number of hydrogen-bond acceptors (Lipinski definition) is 2. The molecule has 1 aromatic carbocycles. The molecule has 3 nitrogen and oxygen atoms in total. The van der Waals surface area contributed by atoms with E-state index in [2.05, 4.69) is 32.9 Å². The molecular formula is C18H30N2O. The molecule has 0 aromatic heterocycles. The number of aryl methyl sites for hydroxylation is 2. The molecule has 0 saturated carbocycles. The van der Waals surface area contributed by atoms with E-state index < -0.39 is 0 Å². The second kappa shape index (κ2) is 8.83. The van der Waals surface area contributed by atoms with Crippen molar-refractivity contribution >= 4 is 11.6 Å².